The first-order chi connectivity index (χ1) is 9.24. The van der Waals surface area contributed by atoms with Crippen molar-refractivity contribution in [2.45, 2.75) is 27.3 Å². The van der Waals surface area contributed by atoms with Crippen LogP contribution >= 0.6 is 0 Å². The number of hydrogen-bond donors (Lipinski definition) is 1. The molecule has 1 aliphatic heterocycles. The first-order valence-corrected chi connectivity index (χ1v) is 7.52. The van der Waals surface area contributed by atoms with Crippen LogP contribution in [0.2, 0.25) is 0 Å². The smallest absolute Gasteiger partial charge is 0.0411 e. The topological polar surface area (TPSA) is 18.5 Å². The average Bonchev–Trinajstić information content (AvgIpc) is 2.43. The van der Waals surface area contributed by atoms with Crippen LogP contribution in [0.25, 0.3) is 0 Å². The SMILES string of the molecule is CCN(CC)c1ccc(C)cc1CN1CCNCC1. The molecule has 1 fully saturated rings. The zero-order valence-corrected chi connectivity index (χ0v) is 12.6. The number of nitrogens with zero attached hydrogens (tertiary/aromatic N) is 2. The summed E-state index contributed by atoms with van der Waals surface area (Å²) >= 11 is 0. The van der Waals surface area contributed by atoms with E-state index in [1.807, 2.05) is 0 Å². The molecule has 1 N–H and O–H groups in total. The number of benzene rings is 1. The average molecular weight is 261 g/mol. The number of piperazine rings is 1. The van der Waals surface area contributed by atoms with E-state index < -0.39 is 0 Å². The van der Waals surface area contributed by atoms with Crippen molar-refractivity contribution in [2.24, 2.45) is 0 Å². The van der Waals surface area contributed by atoms with E-state index in [0.717, 1.165) is 45.8 Å². The van der Waals surface area contributed by atoms with Crippen molar-refractivity contribution in [3.05, 3.63) is 29.3 Å². The highest BCUT2D eigenvalue weighted by Crippen LogP contribution is 2.23. The van der Waals surface area contributed by atoms with Gasteiger partial charge in [0, 0.05) is 51.5 Å². The van der Waals surface area contributed by atoms with Crippen molar-refractivity contribution < 1.29 is 0 Å². The Kier molecular flexibility index (Phi) is 5.23. The van der Waals surface area contributed by atoms with Crippen molar-refractivity contribution in [3.63, 3.8) is 0 Å². The van der Waals surface area contributed by atoms with E-state index in [0.29, 0.717) is 0 Å². The van der Waals surface area contributed by atoms with Gasteiger partial charge in [-0.1, -0.05) is 17.7 Å². The Morgan fingerprint density at radius 2 is 1.84 bits per heavy atom. The zero-order chi connectivity index (χ0) is 13.7. The van der Waals surface area contributed by atoms with E-state index in [4.69, 9.17) is 0 Å². The third kappa shape index (κ3) is 3.71. The van der Waals surface area contributed by atoms with Crippen LogP contribution in [0.1, 0.15) is 25.0 Å². The molecule has 2 rings (SSSR count). The second-order valence-corrected chi connectivity index (χ2v) is 5.33. The summed E-state index contributed by atoms with van der Waals surface area (Å²) < 4.78 is 0. The molecule has 0 aromatic heterocycles. The normalized spacial score (nSPS) is 16.6. The van der Waals surface area contributed by atoms with Gasteiger partial charge in [-0.15, -0.1) is 0 Å². The monoisotopic (exact) mass is 261 g/mol. The highest BCUT2D eigenvalue weighted by Gasteiger charge is 2.14. The highest BCUT2D eigenvalue weighted by atomic mass is 15.2. The van der Waals surface area contributed by atoms with Crippen LogP contribution in [0.15, 0.2) is 18.2 Å². The van der Waals surface area contributed by atoms with E-state index in [9.17, 15) is 0 Å². The predicted octanol–water partition coefficient (Wildman–Crippen LogP) is 2.25. The highest BCUT2D eigenvalue weighted by molar-refractivity contribution is 5.55. The summed E-state index contributed by atoms with van der Waals surface area (Å²) in [5.74, 6) is 0. The maximum Gasteiger partial charge on any atom is 0.0411 e. The number of nitrogens with one attached hydrogen (secondary N) is 1. The van der Waals surface area contributed by atoms with Gasteiger partial charge < -0.3 is 10.2 Å². The summed E-state index contributed by atoms with van der Waals surface area (Å²) in [6.45, 7) is 14.4. The minimum Gasteiger partial charge on any atom is -0.372 e. The van der Waals surface area contributed by atoms with Gasteiger partial charge in [0.25, 0.3) is 0 Å². The van der Waals surface area contributed by atoms with Gasteiger partial charge in [-0.2, -0.15) is 0 Å². The molecule has 3 heteroatoms. The Labute approximate surface area is 117 Å². The zero-order valence-electron chi connectivity index (χ0n) is 12.6. The van der Waals surface area contributed by atoms with Crippen LogP contribution in [-0.4, -0.2) is 44.2 Å². The molecule has 0 amide bonds. The van der Waals surface area contributed by atoms with Gasteiger partial charge in [0.2, 0.25) is 0 Å². The fourth-order valence-corrected chi connectivity index (χ4v) is 2.82. The molecular formula is C16H27N3. The van der Waals surface area contributed by atoms with Gasteiger partial charge in [0.1, 0.15) is 0 Å². The predicted molar refractivity (Wildman–Crippen MR) is 82.9 cm³/mol. The lowest BCUT2D eigenvalue weighted by molar-refractivity contribution is 0.233. The third-order valence-electron chi connectivity index (χ3n) is 3.94. The number of anilines is 1. The maximum atomic E-state index is 3.42. The Morgan fingerprint density at radius 1 is 1.16 bits per heavy atom. The van der Waals surface area contributed by atoms with Crippen LogP contribution < -0.4 is 10.2 Å². The van der Waals surface area contributed by atoms with Gasteiger partial charge in [0.05, 0.1) is 0 Å². The molecule has 1 aromatic rings. The van der Waals surface area contributed by atoms with Gasteiger partial charge in [-0.3, -0.25) is 4.90 Å². The molecule has 0 atom stereocenters. The maximum absolute atomic E-state index is 3.42. The summed E-state index contributed by atoms with van der Waals surface area (Å²) in [5.41, 5.74) is 4.25. The summed E-state index contributed by atoms with van der Waals surface area (Å²) in [6, 6.07) is 6.88. The van der Waals surface area contributed by atoms with Gasteiger partial charge in [-0.05, 0) is 32.4 Å². The molecule has 0 radical (unpaired) electrons. The van der Waals surface area contributed by atoms with Crippen LogP contribution in [-0.2, 0) is 6.54 Å². The molecule has 0 saturated carbocycles. The van der Waals surface area contributed by atoms with Crippen LogP contribution in [0.5, 0.6) is 0 Å². The largest absolute Gasteiger partial charge is 0.372 e. The Hall–Kier alpha value is -1.06. The lowest BCUT2D eigenvalue weighted by atomic mass is 10.1. The Balaban J connectivity index is 2.18. The molecule has 106 valence electrons. The molecule has 19 heavy (non-hydrogen) atoms. The minimum atomic E-state index is 1.08. The molecule has 0 bridgehead atoms. The molecular weight excluding hydrogens is 234 g/mol. The van der Waals surface area contributed by atoms with Gasteiger partial charge >= 0.3 is 0 Å². The van der Waals surface area contributed by atoms with Crippen molar-refractivity contribution >= 4 is 5.69 Å². The summed E-state index contributed by atoms with van der Waals surface area (Å²) in [7, 11) is 0. The molecule has 0 spiro atoms. The van der Waals surface area contributed by atoms with Gasteiger partial charge in [-0.25, -0.2) is 0 Å². The molecule has 1 heterocycles. The molecule has 1 saturated heterocycles. The Morgan fingerprint density at radius 3 is 2.47 bits per heavy atom. The summed E-state index contributed by atoms with van der Waals surface area (Å²) in [6.07, 6.45) is 0. The quantitative estimate of drug-likeness (QED) is 0.877. The molecule has 1 aliphatic rings. The fraction of sp³-hybridized carbons (Fsp3) is 0.625. The van der Waals surface area contributed by atoms with E-state index in [1.165, 1.54) is 16.8 Å². The number of aryl methyl sites for hydroxylation is 1. The molecule has 3 nitrogen and oxygen atoms in total. The van der Waals surface area contributed by atoms with E-state index in [-0.39, 0.29) is 0 Å². The van der Waals surface area contributed by atoms with E-state index in [2.05, 4.69) is 54.1 Å². The fourth-order valence-electron chi connectivity index (χ4n) is 2.82. The van der Waals surface area contributed by atoms with Crippen molar-refractivity contribution in [1.82, 2.24) is 10.2 Å². The summed E-state index contributed by atoms with van der Waals surface area (Å²) in [5, 5.41) is 3.42. The molecule has 0 aliphatic carbocycles. The van der Waals surface area contributed by atoms with E-state index >= 15 is 0 Å². The number of hydrogen-bond acceptors (Lipinski definition) is 3. The number of rotatable bonds is 5. The second-order valence-electron chi connectivity index (χ2n) is 5.33. The summed E-state index contributed by atoms with van der Waals surface area (Å²) in [4.78, 5) is 5.01. The van der Waals surface area contributed by atoms with Crippen LogP contribution in [0, 0.1) is 6.92 Å². The van der Waals surface area contributed by atoms with Crippen LogP contribution in [0.4, 0.5) is 5.69 Å². The first-order valence-electron chi connectivity index (χ1n) is 7.52. The Bertz CT molecular complexity index is 393. The molecule has 0 unspecified atom stereocenters. The lowest BCUT2D eigenvalue weighted by Crippen LogP contribution is -2.43. The minimum absolute atomic E-state index is 1.08. The van der Waals surface area contributed by atoms with Gasteiger partial charge in [0.15, 0.2) is 0 Å². The van der Waals surface area contributed by atoms with Crippen molar-refractivity contribution in [2.75, 3.05) is 44.2 Å². The second kappa shape index (κ2) is 6.92. The van der Waals surface area contributed by atoms with Crippen molar-refractivity contribution in [3.8, 4) is 0 Å². The van der Waals surface area contributed by atoms with E-state index in [1.54, 1.807) is 0 Å². The molecule has 1 aromatic carbocycles. The lowest BCUT2D eigenvalue weighted by Gasteiger charge is -2.30. The standard InChI is InChI=1S/C16H27N3/c1-4-19(5-2)16-7-6-14(3)12-15(16)13-18-10-8-17-9-11-18/h6-7,12,17H,4-5,8-11,13H2,1-3H3. The van der Waals surface area contributed by atoms with Crippen molar-refractivity contribution in [1.29, 1.82) is 0 Å². The first kappa shape index (κ1) is 14.4. The van der Waals surface area contributed by atoms with Crippen LogP contribution in [0.3, 0.4) is 0 Å². The third-order valence-corrected chi connectivity index (χ3v) is 3.94.